The minimum Gasteiger partial charge on any atom is -0.398 e. The van der Waals surface area contributed by atoms with E-state index in [2.05, 4.69) is 59.8 Å². The monoisotopic (exact) mass is 475 g/mol. The Labute approximate surface area is 213 Å². The van der Waals surface area contributed by atoms with Crippen molar-refractivity contribution in [3.63, 3.8) is 0 Å². The molecule has 0 radical (unpaired) electrons. The molecule has 2 aromatic carbocycles. The van der Waals surface area contributed by atoms with E-state index in [-0.39, 0.29) is 0 Å². The fourth-order valence-corrected chi connectivity index (χ4v) is 4.77. The van der Waals surface area contributed by atoms with E-state index in [1.54, 1.807) is 0 Å². The van der Waals surface area contributed by atoms with E-state index in [9.17, 15) is 0 Å². The second kappa shape index (κ2) is 15.4. The number of para-hydroxylation sites is 2. The van der Waals surface area contributed by atoms with Gasteiger partial charge in [0, 0.05) is 25.3 Å². The number of fused-ring (bicyclic) bond motifs is 1. The van der Waals surface area contributed by atoms with Gasteiger partial charge in [0.2, 0.25) is 5.58 Å². The average Bonchev–Trinajstić information content (AvgIpc) is 3.21. The lowest BCUT2D eigenvalue weighted by molar-refractivity contribution is -0.651. The number of rotatable bonds is 17. The van der Waals surface area contributed by atoms with Crippen molar-refractivity contribution in [2.75, 3.05) is 18.5 Å². The first-order valence-electron chi connectivity index (χ1n) is 14.1. The van der Waals surface area contributed by atoms with Crippen LogP contribution >= 0.6 is 0 Å². The van der Waals surface area contributed by atoms with Crippen LogP contribution in [0.4, 0.5) is 5.69 Å². The summed E-state index contributed by atoms with van der Waals surface area (Å²) in [6.45, 7) is 3.42. The molecule has 3 heteroatoms. The van der Waals surface area contributed by atoms with E-state index >= 15 is 0 Å². The third-order valence-electron chi connectivity index (χ3n) is 7.12. The van der Waals surface area contributed by atoms with Gasteiger partial charge in [0.25, 0.3) is 5.52 Å². The Balaban J connectivity index is 1.28. The van der Waals surface area contributed by atoms with Crippen LogP contribution in [0.1, 0.15) is 102 Å². The summed E-state index contributed by atoms with van der Waals surface area (Å²) in [5.74, 6) is 0.856. The first-order valence-corrected chi connectivity index (χ1v) is 14.1. The molecule has 1 aromatic heterocycles. The maximum atomic E-state index is 5.96. The van der Waals surface area contributed by atoms with E-state index in [1.807, 2.05) is 31.3 Å². The van der Waals surface area contributed by atoms with Crippen LogP contribution in [0.25, 0.3) is 23.3 Å². The topological polar surface area (TPSA) is 20.3 Å². The van der Waals surface area contributed by atoms with Crippen molar-refractivity contribution >= 4 is 28.9 Å². The summed E-state index contributed by atoms with van der Waals surface area (Å²) >= 11 is 0. The maximum absolute atomic E-state index is 5.96. The first kappa shape index (κ1) is 27.0. The van der Waals surface area contributed by atoms with Gasteiger partial charge in [-0.05, 0) is 36.3 Å². The van der Waals surface area contributed by atoms with Crippen LogP contribution < -0.4 is 9.47 Å². The van der Waals surface area contributed by atoms with Crippen LogP contribution in [0.3, 0.4) is 0 Å². The Morgan fingerprint density at radius 2 is 1.29 bits per heavy atom. The van der Waals surface area contributed by atoms with Gasteiger partial charge < -0.3 is 9.32 Å². The van der Waals surface area contributed by atoms with Gasteiger partial charge in [-0.15, -0.1) is 0 Å². The van der Waals surface area contributed by atoms with Crippen molar-refractivity contribution in [1.82, 2.24) is 0 Å². The second-order valence-electron chi connectivity index (χ2n) is 10.1. The molecule has 0 saturated carbocycles. The summed E-state index contributed by atoms with van der Waals surface area (Å²) in [5.41, 5.74) is 4.50. The Kier molecular flexibility index (Phi) is 11.9. The van der Waals surface area contributed by atoms with Gasteiger partial charge in [0.1, 0.15) is 7.05 Å². The Bertz CT molecular complexity index is 1000. The third kappa shape index (κ3) is 9.20. The molecule has 0 fully saturated rings. The lowest BCUT2D eigenvalue weighted by Crippen LogP contribution is -2.29. The quantitative estimate of drug-likeness (QED) is 0.143. The lowest BCUT2D eigenvalue weighted by Gasteiger charge is -2.19. The van der Waals surface area contributed by atoms with Crippen LogP contribution in [0.2, 0.25) is 0 Å². The molecule has 3 nitrogen and oxygen atoms in total. The molecule has 190 valence electrons. The highest BCUT2D eigenvalue weighted by Crippen LogP contribution is 2.18. The highest BCUT2D eigenvalue weighted by molar-refractivity contribution is 5.72. The number of hydrogen-bond acceptors (Lipinski definition) is 2. The van der Waals surface area contributed by atoms with Gasteiger partial charge >= 0.3 is 5.89 Å². The number of hydrogen-bond donors (Lipinski definition) is 0. The minimum absolute atomic E-state index is 0.856. The molecule has 0 aliphatic rings. The zero-order valence-corrected chi connectivity index (χ0v) is 22.5. The fraction of sp³-hybridized carbons (Fsp3) is 0.531. The molecule has 0 N–H and O–H groups in total. The molecule has 0 unspecified atom stereocenters. The molecule has 3 aromatic rings. The summed E-state index contributed by atoms with van der Waals surface area (Å²) in [7, 11) is 4.25. The number of unbranched alkanes of at least 4 members (excludes halogenated alkanes) is 12. The van der Waals surface area contributed by atoms with Gasteiger partial charge in [0.15, 0.2) is 0 Å². The average molecular weight is 476 g/mol. The van der Waals surface area contributed by atoms with Crippen molar-refractivity contribution in [2.24, 2.45) is 7.05 Å². The summed E-state index contributed by atoms with van der Waals surface area (Å²) in [6, 6.07) is 17.0. The van der Waals surface area contributed by atoms with Crippen LogP contribution in [0.5, 0.6) is 0 Å². The predicted octanol–water partition coefficient (Wildman–Crippen LogP) is 8.96. The van der Waals surface area contributed by atoms with E-state index in [4.69, 9.17) is 4.42 Å². The molecule has 0 aliphatic carbocycles. The smallest absolute Gasteiger partial charge is 0.373 e. The van der Waals surface area contributed by atoms with Crippen LogP contribution in [0, 0.1) is 0 Å². The zero-order chi connectivity index (χ0) is 24.7. The first-order chi connectivity index (χ1) is 17.2. The largest absolute Gasteiger partial charge is 0.398 e. The second-order valence-corrected chi connectivity index (χ2v) is 10.1. The van der Waals surface area contributed by atoms with Gasteiger partial charge in [-0.2, -0.15) is 4.57 Å². The van der Waals surface area contributed by atoms with Crippen LogP contribution in [0.15, 0.2) is 52.9 Å². The van der Waals surface area contributed by atoms with Crippen LogP contribution in [-0.2, 0) is 7.05 Å². The lowest BCUT2D eigenvalue weighted by atomic mass is 10.0. The molecule has 3 rings (SSSR count). The number of nitrogens with zero attached hydrogens (tertiary/aromatic N) is 2. The van der Waals surface area contributed by atoms with Gasteiger partial charge in [-0.3, -0.25) is 0 Å². The number of aryl methyl sites for hydroxylation is 1. The number of oxazole rings is 1. The predicted molar refractivity (Wildman–Crippen MR) is 152 cm³/mol. The standard InChI is InChI=1S/C32H47N2O/c1-4-5-6-7-8-9-10-11-12-13-14-15-18-27-33(2)29-24-21-28(22-25-29)23-26-32-34(3)30-19-16-17-20-31(30)35-32/h16-17,19-26H,4-15,18,27H2,1-3H3/q+1. The third-order valence-corrected chi connectivity index (χ3v) is 7.12. The van der Waals surface area contributed by atoms with E-state index < -0.39 is 0 Å². The highest BCUT2D eigenvalue weighted by atomic mass is 16.3. The highest BCUT2D eigenvalue weighted by Gasteiger charge is 2.15. The molecule has 0 saturated heterocycles. The van der Waals surface area contributed by atoms with E-state index in [0.29, 0.717) is 0 Å². The van der Waals surface area contributed by atoms with Crippen molar-refractivity contribution in [1.29, 1.82) is 0 Å². The molecule has 1 heterocycles. The summed E-state index contributed by atoms with van der Waals surface area (Å²) in [4.78, 5) is 2.38. The molecular formula is C32H47N2O+. The molecule has 0 spiro atoms. The van der Waals surface area contributed by atoms with Crippen LogP contribution in [-0.4, -0.2) is 13.6 Å². The summed E-state index contributed by atoms with van der Waals surface area (Å²) < 4.78 is 8.05. The fourth-order valence-electron chi connectivity index (χ4n) is 4.77. The number of benzene rings is 2. The molecule has 0 aliphatic heterocycles. The molecule has 35 heavy (non-hydrogen) atoms. The van der Waals surface area contributed by atoms with Crippen molar-refractivity contribution in [3.05, 3.63) is 60.0 Å². The van der Waals surface area contributed by atoms with E-state index in [0.717, 1.165) is 23.5 Å². The SMILES string of the molecule is CCCCCCCCCCCCCCCN(C)c1ccc(/C=C/c2oc3ccccc3[n+]2C)cc1. The summed E-state index contributed by atoms with van der Waals surface area (Å²) in [5, 5.41) is 0. The zero-order valence-electron chi connectivity index (χ0n) is 22.5. The Morgan fingerprint density at radius 3 is 1.89 bits per heavy atom. The maximum Gasteiger partial charge on any atom is 0.373 e. The molecular weight excluding hydrogens is 428 g/mol. The Morgan fingerprint density at radius 1 is 0.714 bits per heavy atom. The Hall–Kier alpha value is -2.55. The van der Waals surface area contributed by atoms with E-state index in [1.165, 1.54) is 94.7 Å². The van der Waals surface area contributed by atoms with Crippen molar-refractivity contribution < 1.29 is 8.98 Å². The van der Waals surface area contributed by atoms with Gasteiger partial charge in [-0.25, -0.2) is 0 Å². The molecule has 0 amide bonds. The minimum atomic E-state index is 0.856. The normalized spacial score (nSPS) is 11.6. The van der Waals surface area contributed by atoms with Gasteiger partial charge in [0.05, 0.1) is 6.08 Å². The number of anilines is 1. The van der Waals surface area contributed by atoms with Crippen molar-refractivity contribution in [3.8, 4) is 0 Å². The number of aromatic nitrogens is 1. The molecule has 0 atom stereocenters. The van der Waals surface area contributed by atoms with Gasteiger partial charge in [-0.1, -0.05) is 108 Å². The molecule has 0 bridgehead atoms. The summed E-state index contributed by atoms with van der Waals surface area (Å²) in [6.07, 6.45) is 22.4. The van der Waals surface area contributed by atoms with Crippen molar-refractivity contribution in [2.45, 2.75) is 90.4 Å².